The molecule has 0 atom stereocenters. The normalized spacial score (nSPS) is 10.3. The molecule has 0 aliphatic rings. The molecule has 0 bridgehead atoms. The molecule has 0 fully saturated rings. The third-order valence-electron chi connectivity index (χ3n) is 2.58. The van der Waals surface area contributed by atoms with Crippen molar-refractivity contribution in [3.8, 4) is 0 Å². The molecule has 2 aromatic rings. The average Bonchev–Trinajstić information content (AvgIpc) is 2.37. The number of nitrogens with two attached hydrogens (primary N) is 1. The lowest BCUT2D eigenvalue weighted by molar-refractivity contribution is 0.102. The predicted molar refractivity (Wildman–Crippen MR) is 73.1 cm³/mol. The van der Waals surface area contributed by atoms with E-state index >= 15 is 0 Å². The fourth-order valence-electron chi connectivity index (χ4n) is 1.35. The predicted octanol–water partition coefficient (Wildman–Crippen LogP) is 1.98. The molecule has 1 heterocycles. The monoisotopic (exact) mass is 277 g/mol. The number of nitrogens with zero attached hydrogens (tertiary/aromatic N) is 3. The fourth-order valence-corrected chi connectivity index (χ4v) is 1.53. The molecule has 0 unspecified atom stereocenters. The Morgan fingerprint density at radius 2 is 2.00 bits per heavy atom. The maximum atomic E-state index is 12.0. The highest BCUT2D eigenvalue weighted by atomic mass is 35.5. The number of rotatable bonds is 2. The van der Waals surface area contributed by atoms with Crippen molar-refractivity contribution in [3.63, 3.8) is 0 Å². The summed E-state index contributed by atoms with van der Waals surface area (Å²) in [5.41, 5.74) is 7.80. The van der Waals surface area contributed by atoms with Crippen LogP contribution >= 0.6 is 11.6 Å². The molecule has 1 amide bonds. The van der Waals surface area contributed by atoms with Gasteiger partial charge in [-0.15, -0.1) is 5.10 Å². The van der Waals surface area contributed by atoms with Gasteiger partial charge in [0.1, 0.15) is 0 Å². The second kappa shape index (κ2) is 5.19. The maximum absolute atomic E-state index is 12.0. The van der Waals surface area contributed by atoms with Crippen LogP contribution in [0.3, 0.4) is 0 Å². The molecule has 0 saturated carbocycles. The summed E-state index contributed by atoms with van der Waals surface area (Å²) < 4.78 is 0. The van der Waals surface area contributed by atoms with Gasteiger partial charge in [-0.05, 0) is 32.0 Å². The van der Waals surface area contributed by atoms with E-state index < -0.39 is 0 Å². The summed E-state index contributed by atoms with van der Waals surface area (Å²) in [4.78, 5) is 16.1. The first-order valence-electron chi connectivity index (χ1n) is 5.51. The summed E-state index contributed by atoms with van der Waals surface area (Å²) in [6.07, 6.45) is 0. The number of amides is 1. The number of hydrogen-bond acceptors (Lipinski definition) is 5. The zero-order valence-electron chi connectivity index (χ0n) is 10.4. The molecule has 6 nitrogen and oxygen atoms in total. The second-order valence-electron chi connectivity index (χ2n) is 4.00. The number of hydrogen-bond donors (Lipinski definition) is 2. The van der Waals surface area contributed by atoms with Crippen LogP contribution in [0.15, 0.2) is 18.2 Å². The lowest BCUT2D eigenvalue weighted by Crippen LogP contribution is -2.15. The van der Waals surface area contributed by atoms with E-state index in [2.05, 4.69) is 20.5 Å². The van der Waals surface area contributed by atoms with Gasteiger partial charge in [0.05, 0.1) is 22.1 Å². The molecule has 0 aliphatic carbocycles. The van der Waals surface area contributed by atoms with Crippen molar-refractivity contribution < 1.29 is 4.79 Å². The van der Waals surface area contributed by atoms with Gasteiger partial charge in [0.25, 0.3) is 5.91 Å². The van der Waals surface area contributed by atoms with Crippen LogP contribution in [-0.2, 0) is 0 Å². The Morgan fingerprint density at radius 3 is 2.63 bits per heavy atom. The van der Waals surface area contributed by atoms with Crippen molar-refractivity contribution in [3.05, 3.63) is 40.2 Å². The van der Waals surface area contributed by atoms with Gasteiger partial charge in [0, 0.05) is 5.56 Å². The number of nitrogen functional groups attached to an aromatic ring is 1. The van der Waals surface area contributed by atoms with Crippen molar-refractivity contribution in [1.29, 1.82) is 0 Å². The fraction of sp³-hybridized carbons (Fsp3) is 0.167. The maximum Gasteiger partial charge on any atom is 0.258 e. The number of aryl methyl sites for hydroxylation is 2. The van der Waals surface area contributed by atoms with E-state index in [1.165, 1.54) is 6.07 Å². The number of carbonyl (C=O) groups is 1. The van der Waals surface area contributed by atoms with E-state index in [1.807, 2.05) is 0 Å². The summed E-state index contributed by atoms with van der Waals surface area (Å²) in [5.74, 6) is -0.215. The topological polar surface area (TPSA) is 93.8 Å². The van der Waals surface area contributed by atoms with Gasteiger partial charge in [-0.1, -0.05) is 11.6 Å². The third-order valence-corrected chi connectivity index (χ3v) is 2.91. The molecule has 19 heavy (non-hydrogen) atoms. The molecule has 0 saturated heterocycles. The van der Waals surface area contributed by atoms with E-state index in [1.54, 1.807) is 26.0 Å². The average molecular weight is 278 g/mol. The molecule has 3 N–H and O–H groups in total. The molecule has 0 radical (unpaired) electrons. The SMILES string of the molecule is Cc1nnc(NC(=O)c2ccc(N)c(Cl)c2)nc1C. The van der Waals surface area contributed by atoms with Crippen molar-refractivity contribution in [2.45, 2.75) is 13.8 Å². The number of carbonyl (C=O) groups excluding carboxylic acids is 1. The van der Waals surface area contributed by atoms with Gasteiger partial charge in [0.2, 0.25) is 5.95 Å². The Balaban J connectivity index is 2.20. The van der Waals surface area contributed by atoms with Crippen LogP contribution < -0.4 is 11.1 Å². The van der Waals surface area contributed by atoms with Crippen LogP contribution in [0.5, 0.6) is 0 Å². The number of anilines is 2. The smallest absolute Gasteiger partial charge is 0.258 e. The van der Waals surface area contributed by atoms with Crippen LogP contribution in [0.25, 0.3) is 0 Å². The standard InChI is InChI=1S/C12H12ClN5O/c1-6-7(2)17-18-12(15-6)16-11(19)8-3-4-10(14)9(13)5-8/h3-5H,14H2,1-2H3,(H,15,16,18,19). The minimum absolute atomic E-state index is 0.154. The van der Waals surface area contributed by atoms with Crippen LogP contribution in [0, 0.1) is 13.8 Å². The van der Waals surface area contributed by atoms with Gasteiger partial charge in [-0.25, -0.2) is 4.98 Å². The van der Waals surface area contributed by atoms with Crippen LogP contribution in [0.2, 0.25) is 5.02 Å². The molecule has 1 aromatic heterocycles. The first-order chi connectivity index (χ1) is 8.97. The minimum atomic E-state index is -0.369. The lowest BCUT2D eigenvalue weighted by Gasteiger charge is -2.06. The molecular weight excluding hydrogens is 266 g/mol. The number of aromatic nitrogens is 3. The van der Waals surface area contributed by atoms with Crippen molar-refractivity contribution in [2.75, 3.05) is 11.1 Å². The Labute approximate surface area is 115 Å². The van der Waals surface area contributed by atoms with Gasteiger partial charge in [-0.3, -0.25) is 10.1 Å². The van der Waals surface area contributed by atoms with E-state index in [-0.39, 0.29) is 11.9 Å². The first-order valence-corrected chi connectivity index (χ1v) is 5.89. The highest BCUT2D eigenvalue weighted by molar-refractivity contribution is 6.33. The van der Waals surface area contributed by atoms with E-state index in [0.717, 1.165) is 0 Å². The quantitative estimate of drug-likeness (QED) is 0.819. The molecule has 7 heteroatoms. The summed E-state index contributed by atoms with van der Waals surface area (Å²) in [7, 11) is 0. The highest BCUT2D eigenvalue weighted by Crippen LogP contribution is 2.20. The van der Waals surface area contributed by atoms with E-state index in [9.17, 15) is 4.79 Å². The zero-order valence-corrected chi connectivity index (χ0v) is 11.2. The second-order valence-corrected chi connectivity index (χ2v) is 4.40. The molecule has 98 valence electrons. The first kappa shape index (κ1) is 13.2. The lowest BCUT2D eigenvalue weighted by atomic mass is 10.2. The van der Waals surface area contributed by atoms with Crippen molar-refractivity contribution in [1.82, 2.24) is 15.2 Å². The number of halogens is 1. The molecule has 0 aliphatic heterocycles. The van der Waals surface area contributed by atoms with Gasteiger partial charge in [-0.2, -0.15) is 5.10 Å². The van der Waals surface area contributed by atoms with Crippen molar-refractivity contribution in [2.24, 2.45) is 0 Å². The largest absolute Gasteiger partial charge is 0.398 e. The van der Waals surface area contributed by atoms with Crippen LogP contribution in [-0.4, -0.2) is 21.1 Å². The Morgan fingerprint density at radius 1 is 1.26 bits per heavy atom. The van der Waals surface area contributed by atoms with Gasteiger partial charge in [0.15, 0.2) is 0 Å². The van der Waals surface area contributed by atoms with Crippen LogP contribution in [0.1, 0.15) is 21.7 Å². The zero-order chi connectivity index (χ0) is 14.0. The third kappa shape index (κ3) is 2.97. The highest BCUT2D eigenvalue weighted by Gasteiger charge is 2.10. The van der Waals surface area contributed by atoms with Gasteiger partial charge >= 0.3 is 0 Å². The number of benzene rings is 1. The minimum Gasteiger partial charge on any atom is -0.398 e. The van der Waals surface area contributed by atoms with E-state index in [0.29, 0.717) is 27.7 Å². The summed E-state index contributed by atoms with van der Waals surface area (Å²) >= 11 is 5.86. The summed E-state index contributed by atoms with van der Waals surface area (Å²) in [6, 6.07) is 4.63. The Hall–Kier alpha value is -2.21. The van der Waals surface area contributed by atoms with Gasteiger partial charge < -0.3 is 5.73 Å². The molecule has 2 rings (SSSR count). The Bertz CT molecular complexity index is 644. The number of nitrogens with one attached hydrogen (secondary N) is 1. The van der Waals surface area contributed by atoms with Crippen LogP contribution in [0.4, 0.5) is 11.6 Å². The molecule has 1 aromatic carbocycles. The molecular formula is C12H12ClN5O. The summed E-state index contributed by atoms with van der Waals surface area (Å²) in [5, 5.41) is 10.6. The molecule has 0 spiro atoms. The Kier molecular flexibility index (Phi) is 3.62. The summed E-state index contributed by atoms with van der Waals surface area (Å²) in [6.45, 7) is 3.58. The van der Waals surface area contributed by atoms with E-state index in [4.69, 9.17) is 17.3 Å². The van der Waals surface area contributed by atoms with Crippen molar-refractivity contribution >= 4 is 29.1 Å².